The molecule has 0 amide bonds. The first-order valence-electron chi connectivity index (χ1n) is 6.70. The van der Waals surface area contributed by atoms with E-state index in [1.807, 2.05) is 13.0 Å². The Morgan fingerprint density at radius 3 is 2.30 bits per heavy atom. The molecule has 1 aromatic carbocycles. The van der Waals surface area contributed by atoms with Crippen LogP contribution in [0.4, 0.5) is 14.6 Å². The van der Waals surface area contributed by atoms with Crippen LogP contribution in [0.15, 0.2) is 24.3 Å². The highest BCUT2D eigenvalue weighted by Crippen LogP contribution is 2.20. The lowest BCUT2D eigenvalue weighted by molar-refractivity contribution is 0.584. The summed E-state index contributed by atoms with van der Waals surface area (Å²) < 4.78 is 26.6. The number of nitrogens with one attached hydrogen (secondary N) is 1. The van der Waals surface area contributed by atoms with Crippen LogP contribution in [0.3, 0.4) is 0 Å². The first-order valence-corrected chi connectivity index (χ1v) is 6.70. The summed E-state index contributed by atoms with van der Waals surface area (Å²) in [5.74, 6) is -0.248. The van der Waals surface area contributed by atoms with Gasteiger partial charge in [-0.15, -0.1) is 0 Å². The lowest BCUT2D eigenvalue weighted by Crippen LogP contribution is -2.05. The molecular formula is C15H17F2N3. The highest BCUT2D eigenvalue weighted by Gasteiger charge is 2.09. The second-order valence-electron chi connectivity index (χ2n) is 4.51. The Hall–Kier alpha value is -2.04. The predicted octanol–water partition coefficient (Wildman–Crippen LogP) is 3.81. The van der Waals surface area contributed by atoms with Crippen LogP contribution < -0.4 is 5.32 Å². The molecule has 0 fully saturated rings. The molecule has 0 saturated heterocycles. The van der Waals surface area contributed by atoms with Crippen LogP contribution in [-0.2, 0) is 6.42 Å². The number of aryl methyl sites for hydroxylation is 1. The molecule has 0 aliphatic heterocycles. The van der Waals surface area contributed by atoms with Gasteiger partial charge in [-0.05, 0) is 25.0 Å². The van der Waals surface area contributed by atoms with Gasteiger partial charge in [0.2, 0.25) is 0 Å². The molecule has 0 saturated carbocycles. The molecule has 0 radical (unpaired) electrons. The molecular weight excluding hydrogens is 260 g/mol. The third-order valence-electron chi connectivity index (χ3n) is 2.82. The molecule has 106 valence electrons. The van der Waals surface area contributed by atoms with E-state index in [1.54, 1.807) is 0 Å². The van der Waals surface area contributed by atoms with Crippen molar-refractivity contribution in [1.82, 2.24) is 9.97 Å². The standard InChI is InChI=1S/C15H17F2N3/c1-3-5-18-14-9-13(4-2)19-15(20-14)10-6-11(16)8-12(17)7-10/h6-9H,3-5H2,1-2H3,(H,18,19,20). The van der Waals surface area contributed by atoms with Gasteiger partial charge in [0.05, 0.1) is 0 Å². The summed E-state index contributed by atoms with van der Waals surface area (Å²) in [6.07, 6.45) is 1.70. The van der Waals surface area contributed by atoms with Crippen LogP contribution in [0, 0.1) is 11.6 Å². The zero-order chi connectivity index (χ0) is 14.5. The number of anilines is 1. The van der Waals surface area contributed by atoms with Gasteiger partial charge in [0.1, 0.15) is 17.5 Å². The van der Waals surface area contributed by atoms with Gasteiger partial charge >= 0.3 is 0 Å². The van der Waals surface area contributed by atoms with Crippen LogP contribution in [0.1, 0.15) is 26.0 Å². The summed E-state index contributed by atoms with van der Waals surface area (Å²) in [6.45, 7) is 4.82. The number of hydrogen-bond acceptors (Lipinski definition) is 3. The largest absolute Gasteiger partial charge is 0.370 e. The van der Waals surface area contributed by atoms with Crippen molar-refractivity contribution in [3.8, 4) is 11.4 Å². The molecule has 1 aromatic heterocycles. The Bertz CT molecular complexity index is 579. The lowest BCUT2D eigenvalue weighted by Gasteiger charge is -2.09. The van der Waals surface area contributed by atoms with Crippen molar-refractivity contribution in [1.29, 1.82) is 0 Å². The molecule has 0 aliphatic rings. The van der Waals surface area contributed by atoms with E-state index < -0.39 is 11.6 Å². The highest BCUT2D eigenvalue weighted by molar-refractivity contribution is 5.57. The molecule has 1 N–H and O–H groups in total. The maximum Gasteiger partial charge on any atom is 0.161 e. The van der Waals surface area contributed by atoms with Crippen molar-refractivity contribution >= 4 is 5.82 Å². The summed E-state index contributed by atoms with van der Waals surface area (Å²) in [6, 6.07) is 5.17. The minimum absolute atomic E-state index is 0.335. The summed E-state index contributed by atoms with van der Waals surface area (Å²) in [5, 5.41) is 3.17. The van der Waals surface area contributed by atoms with Gasteiger partial charge < -0.3 is 5.32 Å². The number of aromatic nitrogens is 2. The van der Waals surface area contributed by atoms with Crippen molar-refractivity contribution in [2.45, 2.75) is 26.7 Å². The number of nitrogens with zero attached hydrogens (tertiary/aromatic N) is 2. The summed E-state index contributed by atoms with van der Waals surface area (Å²) in [5.41, 5.74) is 1.18. The number of halogens is 2. The summed E-state index contributed by atoms with van der Waals surface area (Å²) in [7, 11) is 0. The van der Waals surface area contributed by atoms with Crippen molar-refractivity contribution in [2.75, 3.05) is 11.9 Å². The van der Waals surface area contributed by atoms with Crippen molar-refractivity contribution < 1.29 is 8.78 Å². The second-order valence-corrected chi connectivity index (χ2v) is 4.51. The Balaban J connectivity index is 2.43. The van der Waals surface area contributed by atoms with Crippen LogP contribution in [-0.4, -0.2) is 16.5 Å². The maximum atomic E-state index is 13.3. The minimum atomic E-state index is -0.631. The average molecular weight is 277 g/mol. The fraction of sp³-hybridized carbons (Fsp3) is 0.333. The highest BCUT2D eigenvalue weighted by atomic mass is 19.1. The zero-order valence-electron chi connectivity index (χ0n) is 11.6. The second kappa shape index (κ2) is 6.41. The molecule has 3 nitrogen and oxygen atoms in total. The van der Waals surface area contributed by atoms with E-state index in [0.717, 1.165) is 31.1 Å². The van der Waals surface area contributed by atoms with E-state index in [0.29, 0.717) is 17.2 Å². The number of benzene rings is 1. The summed E-state index contributed by atoms with van der Waals surface area (Å²) >= 11 is 0. The van der Waals surface area contributed by atoms with Crippen LogP contribution in [0.2, 0.25) is 0 Å². The topological polar surface area (TPSA) is 37.8 Å². The Labute approximate surface area is 117 Å². The Kier molecular flexibility index (Phi) is 4.61. The van der Waals surface area contributed by atoms with Crippen LogP contribution in [0.5, 0.6) is 0 Å². The first-order chi connectivity index (χ1) is 9.62. The summed E-state index contributed by atoms with van der Waals surface area (Å²) in [4.78, 5) is 8.64. The van der Waals surface area contributed by atoms with Crippen molar-refractivity contribution in [3.63, 3.8) is 0 Å². The van der Waals surface area contributed by atoms with E-state index in [9.17, 15) is 8.78 Å². The number of rotatable bonds is 5. The quantitative estimate of drug-likeness (QED) is 0.903. The van der Waals surface area contributed by atoms with Gasteiger partial charge in [0, 0.05) is 29.9 Å². The van der Waals surface area contributed by atoms with Crippen molar-refractivity contribution in [2.24, 2.45) is 0 Å². The van der Waals surface area contributed by atoms with Gasteiger partial charge in [0.25, 0.3) is 0 Å². The van der Waals surface area contributed by atoms with Crippen LogP contribution in [0.25, 0.3) is 11.4 Å². The van der Waals surface area contributed by atoms with Crippen molar-refractivity contribution in [3.05, 3.63) is 41.6 Å². The first kappa shape index (κ1) is 14.4. The molecule has 0 atom stereocenters. The molecule has 20 heavy (non-hydrogen) atoms. The van der Waals surface area contributed by atoms with Gasteiger partial charge in [0.15, 0.2) is 5.82 Å². The molecule has 0 spiro atoms. The van der Waals surface area contributed by atoms with E-state index in [4.69, 9.17) is 0 Å². The van der Waals surface area contributed by atoms with Gasteiger partial charge in [-0.25, -0.2) is 18.7 Å². The third kappa shape index (κ3) is 3.50. The lowest BCUT2D eigenvalue weighted by atomic mass is 10.2. The van der Waals surface area contributed by atoms with Gasteiger partial charge in [-0.2, -0.15) is 0 Å². The third-order valence-corrected chi connectivity index (χ3v) is 2.82. The molecule has 0 unspecified atom stereocenters. The van der Waals surface area contributed by atoms with E-state index in [2.05, 4.69) is 22.2 Å². The fourth-order valence-corrected chi connectivity index (χ4v) is 1.83. The Morgan fingerprint density at radius 1 is 1.00 bits per heavy atom. The SMILES string of the molecule is CCCNc1cc(CC)nc(-c2cc(F)cc(F)c2)n1. The molecule has 0 bridgehead atoms. The minimum Gasteiger partial charge on any atom is -0.370 e. The van der Waals surface area contributed by atoms with E-state index >= 15 is 0 Å². The molecule has 2 rings (SSSR count). The van der Waals surface area contributed by atoms with E-state index in [1.165, 1.54) is 12.1 Å². The molecule has 0 aliphatic carbocycles. The predicted molar refractivity (Wildman–Crippen MR) is 75.5 cm³/mol. The monoisotopic (exact) mass is 277 g/mol. The molecule has 5 heteroatoms. The zero-order valence-corrected chi connectivity index (χ0v) is 11.6. The van der Waals surface area contributed by atoms with Crippen LogP contribution >= 0.6 is 0 Å². The molecule has 1 heterocycles. The average Bonchev–Trinajstić information content (AvgIpc) is 2.43. The molecule has 2 aromatic rings. The Morgan fingerprint density at radius 2 is 1.70 bits per heavy atom. The maximum absolute atomic E-state index is 13.3. The van der Waals surface area contributed by atoms with E-state index in [-0.39, 0.29) is 0 Å². The van der Waals surface area contributed by atoms with Gasteiger partial charge in [-0.3, -0.25) is 0 Å². The smallest absolute Gasteiger partial charge is 0.161 e. The fourth-order valence-electron chi connectivity index (χ4n) is 1.83. The van der Waals surface area contributed by atoms with Gasteiger partial charge in [-0.1, -0.05) is 13.8 Å². The number of hydrogen-bond donors (Lipinski definition) is 1. The normalized spacial score (nSPS) is 10.6.